The second-order valence-corrected chi connectivity index (χ2v) is 7.32. The molecule has 5 heteroatoms. The Bertz CT molecular complexity index is 667. The number of aromatic nitrogens is 2. The zero-order valence-corrected chi connectivity index (χ0v) is 15.6. The van der Waals surface area contributed by atoms with Crippen molar-refractivity contribution in [3.63, 3.8) is 0 Å². The van der Waals surface area contributed by atoms with Gasteiger partial charge in [-0.1, -0.05) is 30.3 Å². The largest absolute Gasteiger partial charge is 0.384 e. The third kappa shape index (κ3) is 4.29. The van der Waals surface area contributed by atoms with E-state index in [1.165, 1.54) is 0 Å². The standard InChI is InChI=1S/C20H30N4O/c1-4-23-11-10-21-19(23)15-24-13-12-22(14-17(24)2)16-20(3,25)18-8-6-5-7-9-18/h5-11,17,25H,4,12-16H2,1-3H3. The molecule has 3 rings (SSSR count). The Labute approximate surface area is 150 Å². The summed E-state index contributed by atoms with van der Waals surface area (Å²) in [4.78, 5) is 9.37. The Morgan fingerprint density at radius 3 is 2.68 bits per heavy atom. The lowest BCUT2D eigenvalue weighted by molar-refractivity contribution is -0.0130. The fraction of sp³-hybridized carbons (Fsp3) is 0.550. The first-order valence-corrected chi connectivity index (χ1v) is 9.24. The quantitative estimate of drug-likeness (QED) is 0.875. The average molecular weight is 342 g/mol. The van der Waals surface area contributed by atoms with E-state index in [0.717, 1.165) is 44.1 Å². The predicted octanol–water partition coefficient (Wildman–Crippen LogP) is 2.32. The number of nitrogens with zero attached hydrogens (tertiary/aromatic N) is 4. The molecular weight excluding hydrogens is 312 g/mol. The Balaban J connectivity index is 1.58. The normalized spacial score (nSPS) is 22.0. The van der Waals surface area contributed by atoms with Crippen molar-refractivity contribution in [2.24, 2.45) is 0 Å². The Hall–Kier alpha value is -1.69. The van der Waals surface area contributed by atoms with Gasteiger partial charge in [0.15, 0.2) is 0 Å². The Kier molecular flexibility index (Phi) is 5.57. The van der Waals surface area contributed by atoms with Crippen molar-refractivity contribution >= 4 is 0 Å². The van der Waals surface area contributed by atoms with Crippen LogP contribution in [-0.2, 0) is 18.7 Å². The van der Waals surface area contributed by atoms with Crippen molar-refractivity contribution < 1.29 is 5.11 Å². The smallest absolute Gasteiger partial charge is 0.122 e. The van der Waals surface area contributed by atoms with Crippen molar-refractivity contribution in [1.29, 1.82) is 0 Å². The molecule has 1 fully saturated rings. The van der Waals surface area contributed by atoms with Crippen LogP contribution in [0.15, 0.2) is 42.7 Å². The van der Waals surface area contributed by atoms with E-state index in [1.807, 2.05) is 49.6 Å². The van der Waals surface area contributed by atoms with Gasteiger partial charge in [0, 0.05) is 51.2 Å². The lowest BCUT2D eigenvalue weighted by Gasteiger charge is -2.42. The summed E-state index contributed by atoms with van der Waals surface area (Å²) in [6.07, 6.45) is 3.93. The molecule has 1 aromatic carbocycles. The molecule has 1 saturated heterocycles. The highest BCUT2D eigenvalue weighted by Gasteiger charge is 2.31. The molecule has 0 bridgehead atoms. The van der Waals surface area contributed by atoms with Crippen LogP contribution in [0.3, 0.4) is 0 Å². The predicted molar refractivity (Wildman–Crippen MR) is 100 cm³/mol. The maximum absolute atomic E-state index is 10.9. The summed E-state index contributed by atoms with van der Waals surface area (Å²) in [5, 5.41) is 10.9. The van der Waals surface area contributed by atoms with Gasteiger partial charge in [-0.25, -0.2) is 4.98 Å². The minimum Gasteiger partial charge on any atom is -0.384 e. The first kappa shape index (κ1) is 18.1. The number of aryl methyl sites for hydroxylation is 1. The average Bonchev–Trinajstić information content (AvgIpc) is 3.05. The number of benzene rings is 1. The van der Waals surface area contributed by atoms with Crippen LogP contribution in [0.4, 0.5) is 0 Å². The minimum atomic E-state index is -0.818. The van der Waals surface area contributed by atoms with Crippen molar-refractivity contribution in [3.05, 3.63) is 54.1 Å². The monoisotopic (exact) mass is 342 g/mol. The highest BCUT2D eigenvalue weighted by atomic mass is 16.3. The van der Waals surface area contributed by atoms with Gasteiger partial charge in [-0.2, -0.15) is 0 Å². The molecule has 2 atom stereocenters. The van der Waals surface area contributed by atoms with E-state index in [0.29, 0.717) is 12.6 Å². The summed E-state index contributed by atoms with van der Waals surface area (Å²) in [6.45, 7) is 11.8. The van der Waals surface area contributed by atoms with Gasteiger partial charge >= 0.3 is 0 Å². The number of piperazine rings is 1. The topological polar surface area (TPSA) is 44.5 Å². The molecule has 0 amide bonds. The summed E-state index contributed by atoms with van der Waals surface area (Å²) < 4.78 is 2.21. The molecule has 1 aliphatic rings. The molecule has 2 aromatic rings. The maximum Gasteiger partial charge on any atom is 0.122 e. The van der Waals surface area contributed by atoms with Crippen molar-refractivity contribution in [2.75, 3.05) is 26.2 Å². The lowest BCUT2D eigenvalue weighted by atomic mass is 9.95. The van der Waals surface area contributed by atoms with Crippen LogP contribution in [0.2, 0.25) is 0 Å². The summed E-state index contributed by atoms with van der Waals surface area (Å²) in [7, 11) is 0. The number of rotatable bonds is 6. The summed E-state index contributed by atoms with van der Waals surface area (Å²) in [5.41, 5.74) is 0.164. The second-order valence-electron chi connectivity index (χ2n) is 7.32. The first-order chi connectivity index (χ1) is 12.0. The second kappa shape index (κ2) is 7.68. The number of β-amino-alcohol motifs (C(OH)–C–C–N with tert-alkyl or cyclic N) is 1. The molecule has 0 aliphatic carbocycles. The molecule has 136 valence electrons. The van der Waals surface area contributed by atoms with Gasteiger partial charge in [-0.3, -0.25) is 9.80 Å². The zero-order chi connectivity index (χ0) is 17.9. The van der Waals surface area contributed by atoms with Gasteiger partial charge < -0.3 is 9.67 Å². The number of imidazole rings is 1. The Morgan fingerprint density at radius 1 is 1.24 bits per heavy atom. The van der Waals surface area contributed by atoms with Crippen LogP contribution in [0.25, 0.3) is 0 Å². The molecule has 0 spiro atoms. The van der Waals surface area contributed by atoms with Gasteiger partial charge in [-0.05, 0) is 26.3 Å². The minimum absolute atomic E-state index is 0.447. The molecule has 1 N–H and O–H groups in total. The zero-order valence-electron chi connectivity index (χ0n) is 15.6. The van der Waals surface area contributed by atoms with Gasteiger partial charge in [0.2, 0.25) is 0 Å². The van der Waals surface area contributed by atoms with E-state index in [1.54, 1.807) is 0 Å². The molecule has 0 radical (unpaired) electrons. The van der Waals surface area contributed by atoms with Crippen molar-refractivity contribution in [3.8, 4) is 0 Å². The Morgan fingerprint density at radius 2 is 2.00 bits per heavy atom. The summed E-state index contributed by atoms with van der Waals surface area (Å²) >= 11 is 0. The van der Waals surface area contributed by atoms with Crippen molar-refractivity contribution in [1.82, 2.24) is 19.4 Å². The van der Waals surface area contributed by atoms with Crippen LogP contribution in [-0.4, -0.2) is 56.7 Å². The third-order valence-corrected chi connectivity index (χ3v) is 5.26. The molecule has 2 heterocycles. The molecule has 1 aromatic heterocycles. The number of aliphatic hydroxyl groups is 1. The van der Waals surface area contributed by atoms with Crippen LogP contribution in [0.5, 0.6) is 0 Å². The van der Waals surface area contributed by atoms with Crippen molar-refractivity contribution in [2.45, 2.75) is 45.5 Å². The molecule has 25 heavy (non-hydrogen) atoms. The van der Waals surface area contributed by atoms with Gasteiger partial charge in [0.05, 0.1) is 12.1 Å². The summed E-state index contributed by atoms with van der Waals surface area (Å²) in [5.74, 6) is 1.14. The molecular formula is C20H30N4O. The molecule has 0 saturated carbocycles. The third-order valence-electron chi connectivity index (χ3n) is 5.26. The van der Waals surface area contributed by atoms with Crippen LogP contribution >= 0.6 is 0 Å². The fourth-order valence-electron chi connectivity index (χ4n) is 3.73. The SMILES string of the molecule is CCn1ccnc1CN1CCN(CC(C)(O)c2ccccc2)CC1C. The highest BCUT2D eigenvalue weighted by molar-refractivity contribution is 5.21. The number of hydrogen-bond acceptors (Lipinski definition) is 4. The van der Waals surface area contributed by atoms with E-state index in [2.05, 4.69) is 33.2 Å². The molecule has 1 aliphatic heterocycles. The van der Waals surface area contributed by atoms with Crippen LogP contribution in [0.1, 0.15) is 32.2 Å². The lowest BCUT2D eigenvalue weighted by Crippen LogP contribution is -2.54. The van der Waals surface area contributed by atoms with E-state index < -0.39 is 5.60 Å². The van der Waals surface area contributed by atoms with Gasteiger partial charge in [0.1, 0.15) is 5.82 Å². The van der Waals surface area contributed by atoms with Gasteiger partial charge in [0.25, 0.3) is 0 Å². The highest BCUT2D eigenvalue weighted by Crippen LogP contribution is 2.23. The van der Waals surface area contributed by atoms with E-state index in [-0.39, 0.29) is 0 Å². The molecule has 5 nitrogen and oxygen atoms in total. The fourth-order valence-corrected chi connectivity index (χ4v) is 3.73. The van der Waals surface area contributed by atoms with E-state index in [9.17, 15) is 5.11 Å². The van der Waals surface area contributed by atoms with E-state index in [4.69, 9.17) is 0 Å². The molecule has 2 unspecified atom stereocenters. The van der Waals surface area contributed by atoms with Crippen LogP contribution in [0, 0.1) is 0 Å². The van der Waals surface area contributed by atoms with E-state index >= 15 is 0 Å². The van der Waals surface area contributed by atoms with Crippen LogP contribution < -0.4 is 0 Å². The van der Waals surface area contributed by atoms with Gasteiger partial charge in [-0.15, -0.1) is 0 Å². The maximum atomic E-state index is 10.9. The first-order valence-electron chi connectivity index (χ1n) is 9.24. The number of hydrogen-bond donors (Lipinski definition) is 1. The summed E-state index contributed by atoms with van der Waals surface area (Å²) in [6, 6.07) is 10.4.